The van der Waals surface area contributed by atoms with E-state index < -0.39 is 0 Å². The Kier molecular flexibility index (Phi) is 2.61. The molecule has 0 N–H and O–H groups in total. The van der Waals surface area contributed by atoms with Gasteiger partial charge in [-0.2, -0.15) is 0 Å². The van der Waals surface area contributed by atoms with Crippen LogP contribution in [0.5, 0.6) is 0 Å². The molecule has 0 aliphatic heterocycles. The molecule has 2 aromatic rings. The van der Waals surface area contributed by atoms with Gasteiger partial charge in [0.25, 0.3) is 0 Å². The molecule has 1 nitrogen and oxygen atoms in total. The van der Waals surface area contributed by atoms with Gasteiger partial charge in [-0.15, -0.1) is 0 Å². The number of aryl methyl sites for hydroxylation is 4. The van der Waals surface area contributed by atoms with Crippen molar-refractivity contribution >= 4 is 10.9 Å². The highest BCUT2D eigenvalue weighted by Gasteiger charge is 2.19. The van der Waals surface area contributed by atoms with E-state index in [0.29, 0.717) is 0 Å². The zero-order chi connectivity index (χ0) is 12.8. The molecule has 0 bridgehead atoms. The number of hydrogen-bond donors (Lipinski definition) is 0. The van der Waals surface area contributed by atoms with Crippen LogP contribution in [0.3, 0.4) is 0 Å². The Hall–Kier alpha value is -1.37. The molecule has 0 saturated heterocycles. The Balaban J connectivity index is 2.04. The summed E-state index contributed by atoms with van der Waals surface area (Å²) in [4.78, 5) is 5.09. The fraction of sp³-hybridized carbons (Fsp3) is 0.500. The average Bonchev–Trinajstić information content (AvgIpc) is 2.47. The summed E-state index contributed by atoms with van der Waals surface area (Å²) in [6, 6.07) is 4.69. The number of nitrogens with zero attached hydrogens (tertiary/aromatic N) is 1. The first-order valence-electron chi connectivity index (χ1n) is 7.77. The van der Waals surface area contributed by atoms with Crippen molar-refractivity contribution in [2.24, 2.45) is 0 Å². The zero-order valence-corrected chi connectivity index (χ0v) is 11.8. The Morgan fingerprint density at radius 3 is 2.47 bits per heavy atom. The standard InChI is InChI=1S/C18H21N/c1-12-14-7-4-5-9-17(14)19-18-15(12)11-10-13-6-2-3-8-16(13)18/h10-11H,2-9H2,1H3. The Morgan fingerprint density at radius 2 is 1.58 bits per heavy atom. The highest BCUT2D eigenvalue weighted by atomic mass is 14.7. The third-order valence-electron chi connectivity index (χ3n) is 5.04. The summed E-state index contributed by atoms with van der Waals surface area (Å²) >= 11 is 0. The number of fused-ring (bicyclic) bond motifs is 4. The molecule has 1 aromatic carbocycles. The van der Waals surface area contributed by atoms with Gasteiger partial charge in [0.15, 0.2) is 0 Å². The van der Waals surface area contributed by atoms with Crippen LogP contribution in [0.25, 0.3) is 10.9 Å². The van der Waals surface area contributed by atoms with Crippen LogP contribution in [0, 0.1) is 6.92 Å². The highest BCUT2D eigenvalue weighted by molar-refractivity contribution is 5.87. The monoisotopic (exact) mass is 251 g/mol. The first kappa shape index (κ1) is 11.5. The van der Waals surface area contributed by atoms with Crippen molar-refractivity contribution < 1.29 is 0 Å². The fourth-order valence-corrected chi connectivity index (χ4v) is 3.95. The minimum absolute atomic E-state index is 1.19. The fourth-order valence-electron chi connectivity index (χ4n) is 3.95. The topological polar surface area (TPSA) is 12.9 Å². The van der Waals surface area contributed by atoms with Crippen LogP contribution in [0.1, 0.15) is 53.6 Å². The van der Waals surface area contributed by atoms with E-state index >= 15 is 0 Å². The summed E-state index contributed by atoms with van der Waals surface area (Å²) in [5.41, 5.74) is 8.90. The second-order valence-electron chi connectivity index (χ2n) is 6.18. The lowest BCUT2D eigenvalue weighted by molar-refractivity contribution is 0.664. The molecular formula is C18H21N. The smallest absolute Gasteiger partial charge is 0.0742 e. The van der Waals surface area contributed by atoms with E-state index in [1.807, 2.05) is 0 Å². The van der Waals surface area contributed by atoms with Crippen LogP contribution < -0.4 is 0 Å². The molecule has 1 aromatic heterocycles. The van der Waals surface area contributed by atoms with E-state index in [-0.39, 0.29) is 0 Å². The summed E-state index contributed by atoms with van der Waals surface area (Å²) < 4.78 is 0. The summed E-state index contributed by atoms with van der Waals surface area (Å²) in [5, 5.41) is 1.42. The van der Waals surface area contributed by atoms with Crippen LogP contribution >= 0.6 is 0 Å². The molecule has 0 radical (unpaired) electrons. The van der Waals surface area contributed by atoms with Crippen molar-refractivity contribution in [2.75, 3.05) is 0 Å². The third-order valence-corrected chi connectivity index (χ3v) is 5.04. The summed E-state index contributed by atoms with van der Waals surface area (Å²) in [5.74, 6) is 0. The van der Waals surface area contributed by atoms with Gasteiger partial charge in [-0.25, -0.2) is 0 Å². The Bertz CT molecular complexity index is 655. The number of hydrogen-bond acceptors (Lipinski definition) is 1. The van der Waals surface area contributed by atoms with Crippen molar-refractivity contribution in [2.45, 2.75) is 58.3 Å². The van der Waals surface area contributed by atoms with Gasteiger partial charge in [-0.3, -0.25) is 4.98 Å². The number of pyridine rings is 1. The van der Waals surface area contributed by atoms with Crippen molar-refractivity contribution in [1.29, 1.82) is 0 Å². The molecule has 2 aliphatic carbocycles. The SMILES string of the molecule is Cc1c2c(nc3c4c(ccc13)CCCC4)CCCC2. The summed E-state index contributed by atoms with van der Waals surface area (Å²) in [6.07, 6.45) is 10.3. The van der Waals surface area contributed by atoms with E-state index in [0.717, 1.165) is 0 Å². The van der Waals surface area contributed by atoms with Gasteiger partial charge in [-0.05, 0) is 80.5 Å². The molecule has 0 fully saturated rings. The average molecular weight is 251 g/mol. The maximum Gasteiger partial charge on any atom is 0.0742 e. The predicted octanol–water partition coefficient (Wildman–Crippen LogP) is 4.30. The highest BCUT2D eigenvalue weighted by Crippen LogP contribution is 2.33. The third kappa shape index (κ3) is 1.71. The molecule has 19 heavy (non-hydrogen) atoms. The van der Waals surface area contributed by atoms with Gasteiger partial charge in [0, 0.05) is 11.1 Å². The molecule has 4 rings (SSSR count). The minimum atomic E-state index is 1.19. The van der Waals surface area contributed by atoms with Gasteiger partial charge in [0.1, 0.15) is 0 Å². The van der Waals surface area contributed by atoms with Crippen LogP contribution in [-0.2, 0) is 25.7 Å². The Morgan fingerprint density at radius 1 is 0.842 bits per heavy atom. The van der Waals surface area contributed by atoms with Crippen molar-refractivity contribution in [3.8, 4) is 0 Å². The molecule has 98 valence electrons. The molecule has 1 heterocycles. The van der Waals surface area contributed by atoms with Crippen molar-refractivity contribution in [1.82, 2.24) is 4.98 Å². The van der Waals surface area contributed by atoms with Gasteiger partial charge < -0.3 is 0 Å². The second-order valence-corrected chi connectivity index (χ2v) is 6.18. The quantitative estimate of drug-likeness (QED) is 0.680. The lowest BCUT2D eigenvalue weighted by Gasteiger charge is -2.23. The van der Waals surface area contributed by atoms with Crippen molar-refractivity contribution in [3.63, 3.8) is 0 Å². The second kappa shape index (κ2) is 4.33. The van der Waals surface area contributed by atoms with E-state index in [9.17, 15) is 0 Å². The van der Waals surface area contributed by atoms with Crippen LogP contribution in [0.2, 0.25) is 0 Å². The van der Waals surface area contributed by atoms with Crippen LogP contribution in [0.4, 0.5) is 0 Å². The predicted molar refractivity (Wildman–Crippen MR) is 79.8 cm³/mol. The minimum Gasteiger partial charge on any atom is -0.252 e. The molecule has 0 saturated carbocycles. The van der Waals surface area contributed by atoms with E-state index in [4.69, 9.17) is 4.98 Å². The molecule has 1 heteroatoms. The normalized spacial score (nSPS) is 18.2. The number of benzene rings is 1. The van der Waals surface area contributed by atoms with E-state index in [2.05, 4.69) is 19.1 Å². The van der Waals surface area contributed by atoms with Crippen molar-refractivity contribution in [3.05, 3.63) is 40.1 Å². The number of aromatic nitrogens is 1. The number of rotatable bonds is 0. The maximum atomic E-state index is 5.09. The largest absolute Gasteiger partial charge is 0.252 e. The molecule has 2 aliphatic rings. The first-order chi connectivity index (χ1) is 9.34. The molecule has 0 amide bonds. The molecule has 0 spiro atoms. The van der Waals surface area contributed by atoms with Crippen LogP contribution in [0.15, 0.2) is 12.1 Å². The maximum absolute atomic E-state index is 5.09. The van der Waals surface area contributed by atoms with Gasteiger partial charge in [0.05, 0.1) is 5.52 Å². The molecule has 0 atom stereocenters. The van der Waals surface area contributed by atoms with Gasteiger partial charge in [-0.1, -0.05) is 12.1 Å². The van der Waals surface area contributed by atoms with E-state index in [1.165, 1.54) is 73.5 Å². The molecular weight excluding hydrogens is 230 g/mol. The lowest BCUT2D eigenvalue weighted by Crippen LogP contribution is -2.11. The molecule has 0 unspecified atom stereocenters. The first-order valence-corrected chi connectivity index (χ1v) is 7.77. The lowest BCUT2D eigenvalue weighted by atomic mass is 9.86. The summed E-state index contributed by atoms with van der Waals surface area (Å²) in [7, 11) is 0. The van der Waals surface area contributed by atoms with Crippen LogP contribution in [-0.4, -0.2) is 4.98 Å². The summed E-state index contributed by atoms with van der Waals surface area (Å²) in [6.45, 7) is 2.31. The Labute approximate surface area is 115 Å². The zero-order valence-electron chi connectivity index (χ0n) is 11.8. The van der Waals surface area contributed by atoms with Gasteiger partial charge >= 0.3 is 0 Å². The van der Waals surface area contributed by atoms with Gasteiger partial charge in [0.2, 0.25) is 0 Å². The van der Waals surface area contributed by atoms with E-state index in [1.54, 1.807) is 16.7 Å².